The zero-order valence-electron chi connectivity index (χ0n) is 13.0. The molecule has 1 heterocycles. The number of nitrogens with zero attached hydrogens (tertiary/aromatic N) is 1. The molecule has 1 N–H and O–H groups in total. The number of nitrogens with one attached hydrogen (secondary N) is 1. The lowest BCUT2D eigenvalue weighted by Crippen LogP contribution is -2.07. The fourth-order valence-corrected chi connectivity index (χ4v) is 2.83. The molecule has 0 fully saturated rings. The van der Waals surface area contributed by atoms with Crippen molar-refractivity contribution in [2.45, 2.75) is 10.7 Å². The minimum Gasteiger partial charge on any atom is -0.323 e. The van der Waals surface area contributed by atoms with Crippen molar-refractivity contribution in [2.75, 3.05) is 5.32 Å². The normalized spacial score (nSPS) is 11.3. The van der Waals surface area contributed by atoms with Gasteiger partial charge in [0.1, 0.15) is 0 Å². The van der Waals surface area contributed by atoms with Gasteiger partial charge in [-0.05, 0) is 36.4 Å². The Labute approximate surface area is 147 Å². The van der Waals surface area contributed by atoms with Crippen LogP contribution in [0.1, 0.15) is 5.56 Å². The van der Waals surface area contributed by atoms with E-state index in [0.717, 1.165) is 16.5 Å². The number of rotatable bonds is 5. The maximum absolute atomic E-state index is 12.3. The number of carbonyl (C=O) groups excluding carboxylic acids is 1. The number of amides is 1. The average molecular weight is 356 g/mol. The van der Waals surface area contributed by atoms with E-state index >= 15 is 0 Å². The first-order chi connectivity index (χ1) is 12.1. The summed E-state index contributed by atoms with van der Waals surface area (Å²) >= 11 is 0.468. The number of anilines is 1. The molecule has 0 radical (unpaired) electrons. The quantitative estimate of drug-likeness (QED) is 0.504. The van der Waals surface area contributed by atoms with Crippen molar-refractivity contribution in [1.29, 1.82) is 0 Å². The van der Waals surface area contributed by atoms with Crippen LogP contribution in [-0.2, 0) is 4.79 Å². The molecule has 0 aliphatic heterocycles. The third-order valence-electron chi connectivity index (χ3n) is 3.43. The van der Waals surface area contributed by atoms with Gasteiger partial charge in [0, 0.05) is 33.8 Å². The molecule has 1 aromatic heterocycles. The molecular weight excluding hydrogens is 342 g/mol. The second kappa shape index (κ2) is 7.90. The Hall–Kier alpha value is -2.73. The van der Waals surface area contributed by atoms with Crippen molar-refractivity contribution >= 4 is 40.3 Å². The molecule has 1 amide bonds. The van der Waals surface area contributed by atoms with Gasteiger partial charge in [-0.3, -0.25) is 9.78 Å². The number of thioether (sulfide) groups is 1. The van der Waals surface area contributed by atoms with E-state index in [-0.39, 0.29) is 5.91 Å². The predicted octanol–water partition coefficient (Wildman–Crippen LogP) is 5.20. The molecular formula is C19H14F2N2OS. The van der Waals surface area contributed by atoms with E-state index in [4.69, 9.17) is 0 Å². The summed E-state index contributed by atoms with van der Waals surface area (Å²) in [5, 5.41) is 3.70. The van der Waals surface area contributed by atoms with Gasteiger partial charge in [-0.15, -0.1) is 0 Å². The van der Waals surface area contributed by atoms with Crippen molar-refractivity contribution in [2.24, 2.45) is 0 Å². The fraction of sp³-hybridized carbons (Fsp3) is 0.0526. The van der Waals surface area contributed by atoms with Gasteiger partial charge in [0.2, 0.25) is 5.91 Å². The fourth-order valence-electron chi connectivity index (χ4n) is 2.33. The van der Waals surface area contributed by atoms with Crippen LogP contribution in [0.25, 0.3) is 17.0 Å². The highest BCUT2D eigenvalue weighted by Gasteiger charge is 2.05. The Kier molecular flexibility index (Phi) is 5.40. The lowest BCUT2D eigenvalue weighted by Gasteiger charge is -2.04. The third-order valence-corrected chi connectivity index (χ3v) is 4.15. The molecule has 2 aromatic carbocycles. The molecule has 0 saturated carbocycles. The molecule has 0 unspecified atom stereocenters. The van der Waals surface area contributed by atoms with E-state index in [9.17, 15) is 13.6 Å². The number of para-hydroxylation sites is 1. The van der Waals surface area contributed by atoms with Crippen molar-refractivity contribution in [3.8, 4) is 0 Å². The minimum absolute atomic E-state index is 0.304. The van der Waals surface area contributed by atoms with E-state index in [1.807, 2.05) is 30.3 Å². The van der Waals surface area contributed by atoms with Crippen molar-refractivity contribution in [3.63, 3.8) is 0 Å². The highest BCUT2D eigenvalue weighted by atomic mass is 32.2. The third kappa shape index (κ3) is 4.64. The zero-order chi connectivity index (χ0) is 17.6. The second-order valence-corrected chi connectivity index (χ2v) is 6.21. The van der Waals surface area contributed by atoms with Crippen molar-refractivity contribution in [3.05, 3.63) is 72.4 Å². The first-order valence-electron chi connectivity index (χ1n) is 7.49. The van der Waals surface area contributed by atoms with Crippen LogP contribution in [0.3, 0.4) is 0 Å². The van der Waals surface area contributed by atoms with Crippen molar-refractivity contribution < 1.29 is 13.6 Å². The lowest BCUT2D eigenvalue weighted by molar-refractivity contribution is -0.111. The van der Waals surface area contributed by atoms with Gasteiger partial charge >= 0.3 is 0 Å². The van der Waals surface area contributed by atoms with Gasteiger partial charge in [0.25, 0.3) is 5.76 Å². The van der Waals surface area contributed by atoms with E-state index in [1.54, 1.807) is 36.5 Å². The number of halogens is 2. The van der Waals surface area contributed by atoms with E-state index in [0.29, 0.717) is 22.3 Å². The molecule has 0 saturated heterocycles. The Morgan fingerprint density at radius 2 is 1.84 bits per heavy atom. The van der Waals surface area contributed by atoms with E-state index < -0.39 is 5.76 Å². The number of aromatic nitrogens is 1. The van der Waals surface area contributed by atoms with Gasteiger partial charge in [-0.1, -0.05) is 36.0 Å². The Bertz CT molecular complexity index is 905. The molecule has 0 bridgehead atoms. The monoisotopic (exact) mass is 356 g/mol. The maximum atomic E-state index is 12.3. The molecule has 25 heavy (non-hydrogen) atoms. The van der Waals surface area contributed by atoms with Crippen LogP contribution in [0.5, 0.6) is 0 Å². The number of fused-ring (bicyclic) bond motifs is 1. The maximum Gasteiger partial charge on any atom is 0.288 e. The van der Waals surface area contributed by atoms with Crippen LogP contribution >= 0.6 is 11.8 Å². The zero-order valence-corrected chi connectivity index (χ0v) is 13.8. The van der Waals surface area contributed by atoms with Crippen LogP contribution in [-0.4, -0.2) is 16.6 Å². The molecule has 3 aromatic rings. The first-order valence-corrected chi connectivity index (χ1v) is 8.37. The summed E-state index contributed by atoms with van der Waals surface area (Å²) in [4.78, 5) is 16.8. The summed E-state index contributed by atoms with van der Waals surface area (Å²) in [7, 11) is 0. The van der Waals surface area contributed by atoms with Crippen LogP contribution in [0.4, 0.5) is 14.5 Å². The van der Waals surface area contributed by atoms with E-state index in [1.165, 1.54) is 6.08 Å². The molecule has 3 rings (SSSR count). The standard InChI is InChI=1S/C19H14F2N2OS/c20-19(21)25-16-9-7-15(8-10-16)23-17(24)11-6-14-4-1-3-13-5-2-12-22-18(13)14/h1-12,19H,(H,23,24)/b11-6+. The van der Waals surface area contributed by atoms with Gasteiger partial charge in [0.15, 0.2) is 0 Å². The smallest absolute Gasteiger partial charge is 0.288 e. The SMILES string of the molecule is O=C(/C=C/c1cccc2cccnc12)Nc1ccc(SC(F)F)cc1. The number of benzene rings is 2. The Morgan fingerprint density at radius 1 is 1.08 bits per heavy atom. The summed E-state index contributed by atoms with van der Waals surface area (Å²) in [6.45, 7) is 0. The molecule has 0 spiro atoms. The topological polar surface area (TPSA) is 42.0 Å². The molecule has 0 aliphatic rings. The van der Waals surface area contributed by atoms with Gasteiger partial charge in [0.05, 0.1) is 5.52 Å². The summed E-state index contributed by atoms with van der Waals surface area (Å²) in [6, 6.07) is 15.8. The van der Waals surface area contributed by atoms with Crippen LogP contribution in [0, 0.1) is 0 Å². The molecule has 3 nitrogen and oxygen atoms in total. The lowest BCUT2D eigenvalue weighted by atomic mass is 10.1. The molecule has 126 valence electrons. The first kappa shape index (κ1) is 17.1. The molecule has 0 atom stereocenters. The van der Waals surface area contributed by atoms with Crippen molar-refractivity contribution in [1.82, 2.24) is 4.98 Å². The van der Waals surface area contributed by atoms with Gasteiger partial charge < -0.3 is 5.32 Å². The predicted molar refractivity (Wildman–Crippen MR) is 97.7 cm³/mol. The summed E-state index contributed by atoms with van der Waals surface area (Å²) in [5.41, 5.74) is 2.21. The number of alkyl halides is 2. The van der Waals surface area contributed by atoms with Crippen LogP contribution in [0.15, 0.2) is 71.8 Å². The van der Waals surface area contributed by atoms with Gasteiger partial charge in [-0.25, -0.2) is 0 Å². The number of hydrogen-bond donors (Lipinski definition) is 1. The number of pyridine rings is 1. The highest BCUT2D eigenvalue weighted by molar-refractivity contribution is 7.99. The number of carbonyl (C=O) groups is 1. The largest absolute Gasteiger partial charge is 0.323 e. The molecule has 0 aliphatic carbocycles. The summed E-state index contributed by atoms with van der Waals surface area (Å²) in [6.07, 6.45) is 4.83. The van der Waals surface area contributed by atoms with Crippen LogP contribution in [0.2, 0.25) is 0 Å². The number of hydrogen-bond acceptors (Lipinski definition) is 3. The van der Waals surface area contributed by atoms with E-state index in [2.05, 4.69) is 10.3 Å². The Balaban J connectivity index is 1.68. The molecule has 6 heteroatoms. The second-order valence-electron chi connectivity index (χ2n) is 5.15. The van der Waals surface area contributed by atoms with Gasteiger partial charge in [-0.2, -0.15) is 8.78 Å². The summed E-state index contributed by atoms with van der Waals surface area (Å²) in [5.74, 6) is -2.76. The summed E-state index contributed by atoms with van der Waals surface area (Å²) < 4.78 is 24.6. The Morgan fingerprint density at radius 3 is 2.60 bits per heavy atom. The average Bonchev–Trinajstić information content (AvgIpc) is 2.61. The highest BCUT2D eigenvalue weighted by Crippen LogP contribution is 2.26. The minimum atomic E-state index is -2.46. The van der Waals surface area contributed by atoms with Crippen LogP contribution < -0.4 is 5.32 Å².